The van der Waals surface area contributed by atoms with Gasteiger partial charge in [0.1, 0.15) is 0 Å². The van der Waals surface area contributed by atoms with Crippen LogP contribution in [0.15, 0.2) is 0 Å². The number of rotatable bonds is 3. The predicted molar refractivity (Wildman–Crippen MR) is 86.4 cm³/mol. The van der Waals surface area contributed by atoms with Gasteiger partial charge in [-0.25, -0.2) is 3.71 Å². The lowest BCUT2D eigenvalue weighted by Gasteiger charge is -2.27. The van der Waals surface area contributed by atoms with Crippen molar-refractivity contribution < 1.29 is 0 Å². The lowest BCUT2D eigenvalue weighted by Crippen LogP contribution is -2.04. The molecule has 0 aliphatic heterocycles. The van der Waals surface area contributed by atoms with Crippen LogP contribution >= 0.6 is 95.7 Å². The Bertz CT molecular complexity index is 71.0. The van der Waals surface area contributed by atoms with E-state index in [1.165, 1.54) is 6.54 Å². The number of hydrogen-bond donors (Lipinski definition) is 2. The maximum atomic E-state index is 2.53. The summed E-state index contributed by atoms with van der Waals surface area (Å²) in [5.41, 5.74) is 0.167. The van der Waals surface area contributed by atoms with Crippen molar-refractivity contribution in [2.45, 2.75) is 6.92 Å². The minimum atomic E-state index is 0.0837. The topological polar surface area (TPSA) is 3.24 Å². The second-order valence-corrected chi connectivity index (χ2v) is 25.3. The van der Waals surface area contributed by atoms with Gasteiger partial charge in [0.05, 0.1) is 0 Å². The molecular weight excluding hydrogens is 610 g/mol. The Morgan fingerprint density at radius 1 is 1.11 bits per heavy atom. The molecule has 0 aromatic heterocycles. The first kappa shape index (κ1) is 12.6. The van der Waals surface area contributed by atoms with Crippen molar-refractivity contribution in [2.75, 3.05) is 6.54 Å². The summed E-state index contributed by atoms with van der Waals surface area (Å²) in [7, 11) is 0. The summed E-state index contributed by atoms with van der Waals surface area (Å²) in [4.78, 5) is 0. The summed E-state index contributed by atoms with van der Waals surface area (Å²) in [6.07, 6.45) is 0. The van der Waals surface area contributed by atoms with E-state index in [-0.39, 0.29) is 10.8 Å². The van der Waals surface area contributed by atoms with E-state index in [1.807, 2.05) is 0 Å². The Hall–Kier alpha value is 3.58. The van der Waals surface area contributed by atoms with Crippen LogP contribution in [-0.4, -0.2) is 10.3 Å². The zero-order valence-corrected chi connectivity index (χ0v) is 15.0. The molecule has 0 spiro atoms. The van der Waals surface area contributed by atoms with E-state index in [2.05, 4.69) is 95.5 Å². The predicted octanol–water partition coefficient (Wildman–Crippen LogP) is 4.54. The van der Waals surface area contributed by atoms with Gasteiger partial charge in [-0.3, -0.25) is 0 Å². The quantitative estimate of drug-likeness (QED) is 0.348. The Morgan fingerprint density at radius 3 is 1.44 bits per heavy atom. The van der Waals surface area contributed by atoms with Crippen LogP contribution in [0.1, 0.15) is 6.92 Å². The first-order chi connectivity index (χ1) is 4.09. The summed E-state index contributed by atoms with van der Waals surface area (Å²) >= 11 is 10.0. The summed E-state index contributed by atoms with van der Waals surface area (Å²) in [6.45, 7) is 3.41. The van der Waals surface area contributed by atoms with E-state index < -0.39 is 0 Å². The summed E-state index contributed by atoms with van der Waals surface area (Å²) < 4.78 is 2.53. The van der Waals surface area contributed by atoms with Crippen molar-refractivity contribution >= 4 is 95.7 Å². The zero-order valence-electron chi connectivity index (χ0n) is 4.56. The minimum absolute atomic E-state index is 0.0837. The van der Waals surface area contributed by atoms with Crippen LogP contribution in [0.5, 0.6) is 0 Å². The number of halogens is 4. The third-order valence-electron chi connectivity index (χ3n) is 0.632. The third kappa shape index (κ3) is 5.76. The van der Waals surface area contributed by atoms with Gasteiger partial charge in [0.25, 0.3) is 0 Å². The van der Waals surface area contributed by atoms with Crippen LogP contribution in [0, 0.1) is 0 Å². The molecule has 1 nitrogen and oxygen atoms in total. The van der Waals surface area contributed by atoms with E-state index in [0.717, 1.165) is 0 Å². The van der Waals surface area contributed by atoms with Gasteiger partial charge >= 0.3 is 0 Å². The first-order valence-electron chi connectivity index (χ1n) is 2.10. The fourth-order valence-electron chi connectivity index (χ4n) is 0.265. The molecule has 0 rings (SSSR count). The fourth-order valence-corrected chi connectivity index (χ4v) is 25.0. The molecule has 0 saturated heterocycles. The van der Waals surface area contributed by atoms with Gasteiger partial charge in [-0.1, -0.05) is 17.8 Å². The fraction of sp³-hybridized carbons (Fsp3) is 1.00. The molecule has 0 aliphatic carbocycles. The van der Waals surface area contributed by atoms with Crippen molar-refractivity contribution in [3.8, 4) is 0 Å². The minimum Gasteiger partial charge on any atom is -0.202 e. The number of hydrogen-bond acceptors (Lipinski definition) is 1. The summed E-state index contributed by atoms with van der Waals surface area (Å²) in [5.74, 6) is 0. The molecule has 60 valence electrons. The molecule has 0 saturated carbocycles. The molecule has 0 heterocycles. The Kier molecular flexibility index (Phi) is 9.82. The lowest BCUT2D eigenvalue weighted by molar-refractivity contribution is 0.804. The standard InChI is InChI=1S/C2H7I4NS2/c1-2-7(8(3)4)9(5)6/h8-9H,2H2,1H3. The van der Waals surface area contributed by atoms with Crippen molar-refractivity contribution in [1.29, 1.82) is 0 Å². The third-order valence-corrected chi connectivity index (χ3v) is 13.3. The molecule has 0 fully saturated rings. The zero-order chi connectivity index (χ0) is 7.44. The van der Waals surface area contributed by atoms with E-state index in [9.17, 15) is 0 Å². The Labute approximate surface area is 110 Å². The van der Waals surface area contributed by atoms with Crippen LogP contribution in [0.3, 0.4) is 0 Å². The van der Waals surface area contributed by atoms with Crippen LogP contribution < -0.4 is 0 Å². The van der Waals surface area contributed by atoms with Gasteiger partial charge in [0.2, 0.25) is 0 Å². The Balaban J connectivity index is 3.68. The first-order valence-corrected chi connectivity index (χ1v) is 15.8. The largest absolute Gasteiger partial charge is 0.202 e. The molecule has 0 unspecified atom stereocenters. The van der Waals surface area contributed by atoms with Crippen LogP contribution in [0.4, 0.5) is 0 Å². The molecule has 0 radical (unpaired) electrons. The van der Waals surface area contributed by atoms with Crippen LogP contribution in [0.2, 0.25) is 0 Å². The van der Waals surface area contributed by atoms with Crippen molar-refractivity contribution in [3.05, 3.63) is 0 Å². The Morgan fingerprint density at radius 2 is 1.44 bits per heavy atom. The van der Waals surface area contributed by atoms with Crippen molar-refractivity contribution in [2.24, 2.45) is 0 Å². The number of thiol groups is 2. The van der Waals surface area contributed by atoms with Crippen molar-refractivity contribution in [3.63, 3.8) is 0 Å². The van der Waals surface area contributed by atoms with E-state index in [0.29, 0.717) is 0 Å². The SMILES string of the molecule is CCN([SH](I)I)[SH](I)I. The molecule has 0 bridgehead atoms. The lowest BCUT2D eigenvalue weighted by atomic mass is 10.8. The summed E-state index contributed by atoms with van der Waals surface area (Å²) in [5, 5.41) is 0. The van der Waals surface area contributed by atoms with Gasteiger partial charge in [-0.05, 0) is 84.8 Å². The second-order valence-electron chi connectivity index (χ2n) is 1.12. The van der Waals surface area contributed by atoms with Gasteiger partial charge < -0.3 is 0 Å². The highest BCUT2D eigenvalue weighted by molar-refractivity contribution is 14.3. The smallest absolute Gasteiger partial charge is 0.0166 e. The molecular formula is C2H7I4NS2. The summed E-state index contributed by atoms with van der Waals surface area (Å²) in [6, 6.07) is 0. The highest BCUT2D eigenvalue weighted by atomic mass is 127. The molecule has 7 heteroatoms. The molecule has 0 aromatic carbocycles. The van der Waals surface area contributed by atoms with Crippen LogP contribution in [-0.2, 0) is 0 Å². The molecule has 9 heavy (non-hydrogen) atoms. The molecule has 0 amide bonds. The van der Waals surface area contributed by atoms with Gasteiger partial charge in [-0.2, -0.15) is 0 Å². The molecule has 0 atom stereocenters. The maximum Gasteiger partial charge on any atom is 0.0166 e. The van der Waals surface area contributed by atoms with Gasteiger partial charge in [-0.15, -0.1) is 0 Å². The molecule has 0 N–H and O–H groups in total. The number of nitrogens with zero attached hydrogens (tertiary/aromatic N) is 1. The molecule has 0 aromatic rings. The van der Waals surface area contributed by atoms with Gasteiger partial charge in [0.15, 0.2) is 0 Å². The highest BCUT2D eigenvalue weighted by Gasteiger charge is 2.09. The highest BCUT2D eigenvalue weighted by Crippen LogP contribution is 2.61. The normalized spacial score (nSPS) is 14.0. The average Bonchev–Trinajstić information content (AvgIpc) is 1.64. The maximum absolute atomic E-state index is 2.53. The van der Waals surface area contributed by atoms with Gasteiger partial charge in [0, 0.05) is 6.54 Å². The van der Waals surface area contributed by atoms with E-state index in [4.69, 9.17) is 0 Å². The van der Waals surface area contributed by atoms with Crippen molar-refractivity contribution in [1.82, 2.24) is 3.71 Å². The average molecular weight is 617 g/mol. The second kappa shape index (κ2) is 7.03. The monoisotopic (exact) mass is 617 g/mol. The van der Waals surface area contributed by atoms with E-state index in [1.54, 1.807) is 0 Å². The van der Waals surface area contributed by atoms with E-state index >= 15 is 0 Å². The molecule has 0 aliphatic rings. The van der Waals surface area contributed by atoms with Crippen LogP contribution in [0.25, 0.3) is 0 Å².